The van der Waals surface area contributed by atoms with Crippen LogP contribution in [0.15, 0.2) is 142 Å². The van der Waals surface area contributed by atoms with Crippen molar-refractivity contribution in [2.24, 2.45) is 35.5 Å². The molecule has 16 rings (SSSR count). The van der Waals surface area contributed by atoms with E-state index in [1.54, 1.807) is 19.1 Å². The number of carbonyl (C=O) groups is 2. The number of aliphatic hydroxyl groups is 4. The summed E-state index contributed by atoms with van der Waals surface area (Å²) in [5, 5.41) is 42.5. The Labute approximate surface area is 520 Å². The van der Waals surface area contributed by atoms with Crippen LogP contribution in [0.2, 0.25) is 0 Å². The average molecular weight is 1200 g/mol. The molecule has 3 saturated carbocycles. The van der Waals surface area contributed by atoms with Crippen LogP contribution in [-0.2, 0) is 55.1 Å². The van der Waals surface area contributed by atoms with Gasteiger partial charge in [0.1, 0.15) is 18.1 Å². The molecule has 7 aliphatic carbocycles. The molecule has 3 aliphatic heterocycles. The lowest BCUT2D eigenvalue weighted by molar-refractivity contribution is -0.212. The average Bonchev–Trinajstić information content (AvgIpc) is 1.52. The third-order valence-corrected chi connectivity index (χ3v) is 23.6. The van der Waals surface area contributed by atoms with Crippen LogP contribution in [0.3, 0.4) is 0 Å². The maximum atomic E-state index is 16.1. The summed E-state index contributed by atoms with van der Waals surface area (Å²) in [5.41, 5.74) is 11.2. The first-order valence-corrected chi connectivity index (χ1v) is 33.2. The first-order chi connectivity index (χ1) is 43.6. The Bertz CT molecular complexity index is 3880. The third-order valence-electron chi connectivity index (χ3n) is 23.6. The monoisotopic (exact) mass is 1200 g/mol. The first-order valence-electron chi connectivity index (χ1n) is 33.2. The minimum Gasteiger partial charge on any atom is -0.482 e. The Morgan fingerprint density at radius 3 is 2.37 bits per heavy atom. The van der Waals surface area contributed by atoms with Crippen LogP contribution in [0.1, 0.15) is 187 Å². The van der Waals surface area contributed by atoms with E-state index in [9.17, 15) is 25.2 Å². The molecule has 4 heterocycles. The molecule has 0 saturated heterocycles. The lowest BCUT2D eigenvalue weighted by atomic mass is 9.46. The molecule has 4 N–H and O–H groups in total. The highest BCUT2D eigenvalue weighted by molar-refractivity contribution is 5.90. The lowest BCUT2D eigenvalue weighted by Gasteiger charge is -2.57. The molecular weight excluding hydrogens is 1120 g/mol. The Morgan fingerprint density at radius 2 is 1.55 bits per heavy atom. The first kappa shape index (κ1) is 58.4. The normalized spacial score (nSPS) is 31.6. The Morgan fingerprint density at radius 1 is 0.753 bits per heavy atom. The molecule has 5 aromatic carbocycles. The Kier molecular flexibility index (Phi) is 15.6. The number of allylic oxidation sites excluding steroid dienone is 3. The fourth-order valence-corrected chi connectivity index (χ4v) is 19.8. The maximum absolute atomic E-state index is 16.1. The second-order valence-electron chi connectivity index (χ2n) is 27.5. The number of fused-ring (bicyclic) bond motifs is 19. The van der Waals surface area contributed by atoms with Crippen molar-refractivity contribution in [3.05, 3.63) is 210 Å². The van der Waals surface area contributed by atoms with Crippen LogP contribution in [0, 0.1) is 35.5 Å². The van der Waals surface area contributed by atoms with Gasteiger partial charge < -0.3 is 43.8 Å². The zero-order valence-corrected chi connectivity index (χ0v) is 51.0. The largest absolute Gasteiger partial charge is 0.482 e. The Balaban J connectivity index is 0.883. The van der Waals surface area contributed by atoms with Gasteiger partial charge in [-0.05, 0) is 206 Å². The van der Waals surface area contributed by atoms with Crippen LogP contribution in [-0.4, -0.2) is 70.7 Å². The predicted molar refractivity (Wildman–Crippen MR) is 338 cm³/mol. The zero-order valence-electron chi connectivity index (χ0n) is 51.0. The summed E-state index contributed by atoms with van der Waals surface area (Å²) in [6.07, 6.45) is 19.3. The minimum atomic E-state index is -1.37. The van der Waals surface area contributed by atoms with Gasteiger partial charge >= 0.3 is 17.6 Å². The standard InChI is InChI=1S/C77H82O12/c1-44(40-79)54-28-20-45-18-21-47(22-19-45)55-29-25-49(57-14-7-17-65-60(57)31-27-53-12-6-11-52-26-23-48-10-3-5-16-64(48)77(52,53)65)37-51(55)38-68(82)86-72-70-67(33-32-61-63(41-80)69(75(84)87-71(61)70)50(34-36-78)42-85-43-81)89-76(73(72)88-74(54)83)35-8-15-59-58-30-24-46-9-2-4-13-56(46)62(58)39-66(59)76/h2-5,7,9-10,13-14,16-19,21-22,24-25,29-30,32-33,49-53,55,58-59,62,66,72-73,78-81H,6,8,11-12,15,20,23,26-28,31,34-43H2,1H3/b54-44-/t49-,50-,51+,52+,53+,55+,58-,59+,62-,66-,72-,73+,76+,77+/m1/s1. The van der Waals surface area contributed by atoms with Gasteiger partial charge in [-0.15, -0.1) is 0 Å². The summed E-state index contributed by atoms with van der Waals surface area (Å²) in [4.78, 5) is 46.5. The molecule has 2 spiro atoms. The van der Waals surface area contributed by atoms with E-state index in [4.69, 9.17) is 23.4 Å². The van der Waals surface area contributed by atoms with Gasteiger partial charge in [-0.25, -0.2) is 9.59 Å². The van der Waals surface area contributed by atoms with Crippen molar-refractivity contribution in [1.29, 1.82) is 0 Å². The van der Waals surface area contributed by atoms with Gasteiger partial charge in [-0.3, -0.25) is 4.79 Å². The highest BCUT2D eigenvalue weighted by Gasteiger charge is 2.65. The molecule has 3 fully saturated rings. The van der Waals surface area contributed by atoms with Gasteiger partial charge in [-0.1, -0.05) is 122 Å². The van der Waals surface area contributed by atoms with E-state index in [1.807, 2.05) is 0 Å². The molecular formula is C77H82O12. The smallest absolute Gasteiger partial charge is 0.340 e. The number of ether oxygens (including phenoxy) is 4. The third kappa shape index (κ3) is 9.58. The molecule has 0 amide bonds. The van der Waals surface area contributed by atoms with E-state index in [2.05, 4.69) is 115 Å². The van der Waals surface area contributed by atoms with Crippen molar-refractivity contribution >= 4 is 29.0 Å². The number of rotatable bonds is 9. The van der Waals surface area contributed by atoms with E-state index in [-0.39, 0.29) is 108 Å². The van der Waals surface area contributed by atoms with E-state index in [1.165, 1.54) is 64.6 Å². The van der Waals surface area contributed by atoms with Crippen LogP contribution in [0.5, 0.6) is 5.75 Å². The summed E-state index contributed by atoms with van der Waals surface area (Å²) in [7, 11) is 0. The molecule has 0 unspecified atom stereocenters. The van der Waals surface area contributed by atoms with Crippen molar-refractivity contribution in [1.82, 2.24) is 0 Å². The molecule has 2 bridgehead atoms. The van der Waals surface area contributed by atoms with Gasteiger partial charge in [0.05, 0.1) is 25.4 Å². The van der Waals surface area contributed by atoms with Crippen LogP contribution >= 0.6 is 0 Å². The summed E-state index contributed by atoms with van der Waals surface area (Å²) in [6.45, 7) is -0.285. The zero-order chi connectivity index (χ0) is 60.7. The number of aryl methyl sites for hydroxylation is 2. The number of carbonyl (C=O) groups excluding carboxylic acids is 2. The highest BCUT2D eigenvalue weighted by Crippen LogP contribution is 2.65. The van der Waals surface area contributed by atoms with Crippen LogP contribution in [0.25, 0.3) is 17.0 Å². The summed E-state index contributed by atoms with van der Waals surface area (Å²) in [6, 6.07) is 37.1. The van der Waals surface area contributed by atoms with Crippen LogP contribution < -0.4 is 10.4 Å². The summed E-state index contributed by atoms with van der Waals surface area (Å²) >= 11 is 0. The minimum absolute atomic E-state index is 0.0180. The molecule has 462 valence electrons. The van der Waals surface area contributed by atoms with Crippen molar-refractivity contribution in [2.45, 2.75) is 163 Å². The van der Waals surface area contributed by atoms with Gasteiger partial charge in [0.25, 0.3) is 0 Å². The molecule has 89 heavy (non-hydrogen) atoms. The number of hydrogen-bond acceptors (Lipinski definition) is 12. The van der Waals surface area contributed by atoms with Gasteiger partial charge in [0.2, 0.25) is 0 Å². The lowest BCUT2D eigenvalue weighted by Crippen LogP contribution is -2.62. The SMILES string of the molecule is C/C(CO)=C1\CCc2ccc(cc2)[C@@H]2C=C[C@@H](c3cccc4c3CC[C@@H]3CCC[C@H]5CCc6ccccc6[C@]453)C[C@H]2CC(=O)O[C@@H]2c3c(ccc4c(CO)c([C@H](CCO)COCO)c(=O)oc34)O[C@]3(CCC[C@H]4[C@H]5C=Cc6ccccc6[C@H]5C[C@H]43)[C@H]2OC1=O. The number of hydrogen-bond donors (Lipinski definition) is 4. The van der Waals surface area contributed by atoms with Crippen molar-refractivity contribution in [2.75, 3.05) is 26.6 Å². The molecule has 12 heteroatoms. The van der Waals surface area contributed by atoms with Gasteiger partial charge in [-0.2, -0.15) is 0 Å². The molecule has 1 aromatic heterocycles. The molecule has 12 nitrogen and oxygen atoms in total. The number of aliphatic hydroxyl groups excluding tert-OH is 4. The van der Waals surface area contributed by atoms with E-state index < -0.39 is 54.7 Å². The molecule has 6 aromatic rings. The number of benzene rings is 5. The summed E-state index contributed by atoms with van der Waals surface area (Å²) in [5.74, 6) is -0.519. The van der Waals surface area contributed by atoms with E-state index >= 15 is 9.59 Å². The second kappa shape index (κ2) is 23.7. The Hall–Kier alpha value is -6.93. The van der Waals surface area contributed by atoms with Crippen molar-refractivity contribution in [3.8, 4) is 5.75 Å². The highest BCUT2D eigenvalue weighted by atomic mass is 16.6. The molecule has 14 atom stereocenters. The fourth-order valence-electron chi connectivity index (χ4n) is 19.8. The topological polar surface area (TPSA) is 182 Å². The molecule has 10 aliphatic rings. The number of esters is 2. The molecule has 0 radical (unpaired) electrons. The predicted octanol–water partition coefficient (Wildman–Crippen LogP) is 13.0. The summed E-state index contributed by atoms with van der Waals surface area (Å²) < 4.78 is 34.0. The van der Waals surface area contributed by atoms with Crippen molar-refractivity contribution < 1.29 is 53.4 Å². The van der Waals surface area contributed by atoms with E-state index in [0.717, 1.165) is 43.2 Å². The second-order valence-corrected chi connectivity index (χ2v) is 27.5. The van der Waals surface area contributed by atoms with Gasteiger partial charge in [0, 0.05) is 58.6 Å². The van der Waals surface area contributed by atoms with E-state index in [0.29, 0.717) is 59.8 Å². The maximum Gasteiger partial charge on any atom is 0.340 e. The van der Waals surface area contributed by atoms with Gasteiger partial charge in [0.15, 0.2) is 17.8 Å². The fraction of sp³-hybridized carbons (Fsp3) is 0.468. The van der Waals surface area contributed by atoms with Crippen LogP contribution in [0.4, 0.5) is 0 Å². The van der Waals surface area contributed by atoms with Crippen molar-refractivity contribution in [3.63, 3.8) is 0 Å². The quantitative estimate of drug-likeness (QED) is 0.0354.